The number of ketones is 2. The van der Waals surface area contributed by atoms with Gasteiger partial charge in [-0.15, -0.1) is 0 Å². The molecule has 3 atom stereocenters. The molecule has 0 aromatic rings. The van der Waals surface area contributed by atoms with Crippen LogP contribution in [0.25, 0.3) is 0 Å². The Morgan fingerprint density at radius 3 is 2.61 bits per heavy atom. The molecule has 0 bridgehead atoms. The quantitative estimate of drug-likeness (QED) is 0.705. The summed E-state index contributed by atoms with van der Waals surface area (Å²) in [7, 11) is 1.45. The molecule has 0 heterocycles. The third-order valence-electron chi connectivity index (χ3n) is 4.40. The Balaban J connectivity index is 2.54. The smallest absolute Gasteiger partial charge is 0.204 e. The highest BCUT2D eigenvalue weighted by Gasteiger charge is 2.54. The molecule has 18 heavy (non-hydrogen) atoms. The maximum atomic E-state index is 12.6. The van der Waals surface area contributed by atoms with Crippen molar-refractivity contribution in [2.75, 3.05) is 7.11 Å². The lowest BCUT2D eigenvalue weighted by Gasteiger charge is -2.46. The van der Waals surface area contributed by atoms with Gasteiger partial charge in [-0.25, -0.2) is 0 Å². The molecule has 2 aliphatic carbocycles. The van der Waals surface area contributed by atoms with Gasteiger partial charge in [0.2, 0.25) is 5.78 Å². The zero-order valence-electron chi connectivity index (χ0n) is 11.4. The second kappa shape index (κ2) is 4.38. The number of rotatable bonds is 2. The highest BCUT2D eigenvalue weighted by atomic mass is 16.5. The van der Waals surface area contributed by atoms with E-state index in [0.717, 1.165) is 0 Å². The van der Waals surface area contributed by atoms with Crippen LogP contribution in [0.1, 0.15) is 27.2 Å². The van der Waals surface area contributed by atoms with E-state index in [1.165, 1.54) is 13.2 Å². The molecule has 2 rings (SSSR count). The van der Waals surface area contributed by atoms with Crippen molar-refractivity contribution >= 4 is 11.6 Å². The molecule has 0 saturated heterocycles. The molecule has 2 aliphatic rings. The summed E-state index contributed by atoms with van der Waals surface area (Å²) in [6.07, 6.45) is 6.14. The number of Topliss-reactive ketones (excluding diaryl/α,β-unsaturated/α-hetero) is 1. The average Bonchev–Trinajstić information content (AvgIpc) is 2.33. The van der Waals surface area contributed by atoms with E-state index in [-0.39, 0.29) is 29.2 Å². The number of carbonyl (C=O) groups is 2. The number of allylic oxidation sites excluding steroid dienone is 4. The van der Waals surface area contributed by atoms with Crippen molar-refractivity contribution < 1.29 is 14.3 Å². The lowest BCUT2D eigenvalue weighted by molar-refractivity contribution is -0.143. The molecule has 0 aromatic heterocycles. The fraction of sp³-hybridized carbons (Fsp3) is 0.600. The summed E-state index contributed by atoms with van der Waals surface area (Å²) in [5, 5.41) is 0. The fourth-order valence-electron chi connectivity index (χ4n) is 3.39. The van der Waals surface area contributed by atoms with Crippen molar-refractivity contribution in [1.29, 1.82) is 0 Å². The van der Waals surface area contributed by atoms with Crippen LogP contribution in [-0.2, 0) is 14.3 Å². The van der Waals surface area contributed by atoms with Crippen LogP contribution in [0.2, 0.25) is 0 Å². The van der Waals surface area contributed by atoms with Crippen molar-refractivity contribution in [1.82, 2.24) is 0 Å². The Bertz CT molecular complexity index is 445. The molecule has 0 aromatic carbocycles. The van der Waals surface area contributed by atoms with Crippen molar-refractivity contribution in [3.63, 3.8) is 0 Å². The van der Waals surface area contributed by atoms with Gasteiger partial charge in [0.05, 0.1) is 12.5 Å². The van der Waals surface area contributed by atoms with E-state index in [4.69, 9.17) is 4.74 Å². The average molecular weight is 248 g/mol. The van der Waals surface area contributed by atoms with Gasteiger partial charge in [0.25, 0.3) is 0 Å². The number of ether oxygens (including phenoxy) is 1. The number of hydrogen-bond donors (Lipinski definition) is 0. The van der Waals surface area contributed by atoms with Gasteiger partial charge in [-0.2, -0.15) is 0 Å². The molecule has 0 amide bonds. The first-order chi connectivity index (χ1) is 8.42. The summed E-state index contributed by atoms with van der Waals surface area (Å²) in [5.74, 6) is 0.371. The first kappa shape index (κ1) is 13.1. The molecule has 0 aliphatic heterocycles. The molecule has 3 heteroatoms. The molecular formula is C15H20O3. The van der Waals surface area contributed by atoms with Crippen molar-refractivity contribution in [3.8, 4) is 0 Å². The standard InChI is InChI=1S/C15H20O3/c1-9(2)10-6-5-7-11-12(16)8-13(18-4)14(17)15(10,11)3/h5-6,8-11H,7H2,1-4H3/t10-,11?,15?/m0/s1. The maximum absolute atomic E-state index is 12.6. The lowest BCUT2D eigenvalue weighted by Crippen LogP contribution is -2.51. The minimum absolute atomic E-state index is 0.0175. The van der Waals surface area contributed by atoms with Crippen LogP contribution in [0.3, 0.4) is 0 Å². The third kappa shape index (κ3) is 1.64. The van der Waals surface area contributed by atoms with Gasteiger partial charge in [0, 0.05) is 12.0 Å². The predicted molar refractivity (Wildman–Crippen MR) is 68.8 cm³/mol. The summed E-state index contributed by atoms with van der Waals surface area (Å²) in [6.45, 7) is 6.09. The van der Waals surface area contributed by atoms with Crippen LogP contribution >= 0.6 is 0 Å². The molecule has 2 unspecified atom stereocenters. The number of methoxy groups -OCH3 is 1. The lowest BCUT2D eigenvalue weighted by atomic mass is 9.55. The van der Waals surface area contributed by atoms with Gasteiger partial charge in [-0.05, 0) is 18.3 Å². The van der Waals surface area contributed by atoms with E-state index in [0.29, 0.717) is 12.3 Å². The molecule has 0 radical (unpaired) electrons. The van der Waals surface area contributed by atoms with Crippen molar-refractivity contribution in [3.05, 3.63) is 24.0 Å². The normalized spacial score (nSPS) is 35.5. The fourth-order valence-corrected chi connectivity index (χ4v) is 3.39. The number of carbonyl (C=O) groups excluding carboxylic acids is 2. The van der Waals surface area contributed by atoms with Crippen LogP contribution in [0.15, 0.2) is 24.0 Å². The van der Waals surface area contributed by atoms with Crippen molar-refractivity contribution in [2.45, 2.75) is 27.2 Å². The maximum Gasteiger partial charge on any atom is 0.204 e. The van der Waals surface area contributed by atoms with Gasteiger partial charge in [0.1, 0.15) is 0 Å². The van der Waals surface area contributed by atoms with Gasteiger partial charge >= 0.3 is 0 Å². The first-order valence-electron chi connectivity index (χ1n) is 6.44. The van der Waals surface area contributed by atoms with Crippen LogP contribution in [0.5, 0.6) is 0 Å². The summed E-state index contributed by atoms with van der Waals surface area (Å²) >= 11 is 0. The van der Waals surface area contributed by atoms with Crippen molar-refractivity contribution in [2.24, 2.45) is 23.2 Å². The summed E-state index contributed by atoms with van der Waals surface area (Å²) < 4.78 is 5.08. The van der Waals surface area contributed by atoms with Gasteiger partial charge < -0.3 is 4.74 Å². The predicted octanol–water partition coefficient (Wildman–Crippen LogP) is 2.52. The highest BCUT2D eigenvalue weighted by Crippen LogP contribution is 2.50. The van der Waals surface area contributed by atoms with E-state index >= 15 is 0 Å². The van der Waals surface area contributed by atoms with Crippen LogP contribution < -0.4 is 0 Å². The molecule has 98 valence electrons. The van der Waals surface area contributed by atoms with Crippen LogP contribution in [0.4, 0.5) is 0 Å². The van der Waals surface area contributed by atoms with Crippen LogP contribution in [-0.4, -0.2) is 18.7 Å². The van der Waals surface area contributed by atoms with E-state index in [9.17, 15) is 9.59 Å². The van der Waals surface area contributed by atoms with Gasteiger partial charge in [-0.3, -0.25) is 9.59 Å². The zero-order chi connectivity index (χ0) is 13.5. The van der Waals surface area contributed by atoms with Crippen LogP contribution in [0, 0.1) is 23.2 Å². The monoisotopic (exact) mass is 248 g/mol. The molecule has 0 fully saturated rings. The minimum Gasteiger partial charge on any atom is -0.493 e. The third-order valence-corrected chi connectivity index (χ3v) is 4.40. The largest absolute Gasteiger partial charge is 0.493 e. The number of hydrogen-bond acceptors (Lipinski definition) is 3. The molecule has 0 saturated carbocycles. The topological polar surface area (TPSA) is 43.4 Å². The Kier molecular flexibility index (Phi) is 3.18. The van der Waals surface area contributed by atoms with Gasteiger partial charge in [0.15, 0.2) is 11.5 Å². The summed E-state index contributed by atoms with van der Waals surface area (Å²) in [6, 6.07) is 0. The Morgan fingerprint density at radius 1 is 1.39 bits per heavy atom. The summed E-state index contributed by atoms with van der Waals surface area (Å²) in [4.78, 5) is 24.8. The SMILES string of the molecule is COC1=CC(=O)C2CC=C[C@@H](C(C)C)C2(C)C1=O. The van der Waals surface area contributed by atoms with E-state index in [1.807, 2.05) is 13.0 Å². The second-order valence-corrected chi connectivity index (χ2v) is 5.71. The number of fused-ring (bicyclic) bond motifs is 1. The molecule has 0 spiro atoms. The second-order valence-electron chi connectivity index (χ2n) is 5.71. The molecule has 3 nitrogen and oxygen atoms in total. The first-order valence-corrected chi connectivity index (χ1v) is 6.44. The highest BCUT2D eigenvalue weighted by molar-refractivity contribution is 6.11. The van der Waals surface area contributed by atoms with E-state index in [1.54, 1.807) is 0 Å². The van der Waals surface area contributed by atoms with E-state index in [2.05, 4.69) is 19.9 Å². The Hall–Kier alpha value is -1.38. The minimum atomic E-state index is -0.653. The Labute approximate surface area is 108 Å². The van der Waals surface area contributed by atoms with E-state index < -0.39 is 5.41 Å². The summed E-state index contributed by atoms with van der Waals surface area (Å²) in [5.41, 5.74) is -0.653. The van der Waals surface area contributed by atoms with Gasteiger partial charge in [-0.1, -0.05) is 32.9 Å². The molecule has 0 N–H and O–H groups in total. The molecular weight excluding hydrogens is 228 g/mol. The Morgan fingerprint density at radius 2 is 2.06 bits per heavy atom. The zero-order valence-corrected chi connectivity index (χ0v) is 11.4.